The molecule has 0 N–H and O–H groups in total. The smallest absolute Gasteiger partial charge is 0.228 e. The van der Waals surface area contributed by atoms with E-state index in [9.17, 15) is 136 Å². The second kappa shape index (κ2) is 9.21. The SMILES string of the molecule is FC(F)(F)C1(C2(F)C(F)(F)C(F)(F)C(F)(F)C(F)(F)C(F)(F)C(F)(F)C2(F)F)C(F)(F)C(F)(F)C(F)(F)C(F)(F)C(F)(F)C(F)(F)C1(F)F. The molecule has 0 spiro atoms. The molecular weight excluding hydrogens is 812 g/mol. The van der Waals surface area contributed by atoms with E-state index in [0.29, 0.717) is 0 Å². The first kappa shape index (κ1) is 42.9. The molecule has 2 rings (SSSR count). The molecule has 2 aliphatic carbocycles. The first-order chi connectivity index (χ1) is 20.5. The molecule has 0 bridgehead atoms. The van der Waals surface area contributed by atoms with E-state index in [1.54, 1.807) is 0 Å². The zero-order chi connectivity index (χ0) is 40.5. The lowest BCUT2D eigenvalue weighted by Crippen LogP contribution is -2.95. The van der Waals surface area contributed by atoms with Crippen molar-refractivity contribution in [2.75, 3.05) is 0 Å². The van der Waals surface area contributed by atoms with Crippen LogP contribution in [-0.2, 0) is 0 Å². The molecule has 32 heteroatoms. The summed E-state index contributed by atoms with van der Waals surface area (Å²) in [5, 5.41) is 0. The fraction of sp³-hybridized carbons (Fsp3) is 1.00. The quantitative estimate of drug-likeness (QED) is 0.232. The van der Waals surface area contributed by atoms with E-state index < -0.39 is 100 Å². The third-order valence-corrected chi connectivity index (χ3v) is 7.48. The molecule has 0 nitrogen and oxygen atoms in total. The van der Waals surface area contributed by atoms with Gasteiger partial charge in [-0.2, -0.15) is 136 Å². The van der Waals surface area contributed by atoms with Crippen LogP contribution in [0.1, 0.15) is 0 Å². The number of alkyl halides is 32. The first-order valence-electron chi connectivity index (χ1n) is 10.5. The van der Waals surface area contributed by atoms with Gasteiger partial charge >= 0.3 is 89.1 Å². The largest absolute Gasteiger partial charge is 0.410 e. The van der Waals surface area contributed by atoms with E-state index in [4.69, 9.17) is 0 Å². The Labute approximate surface area is 242 Å². The number of hydrogen-bond acceptors (Lipinski definition) is 0. The van der Waals surface area contributed by atoms with Crippen LogP contribution in [0.25, 0.3) is 0 Å². The predicted octanol–water partition coefficient (Wildman–Crippen LogP) is 10.2. The molecule has 0 aromatic rings. The molecule has 2 aliphatic rings. The van der Waals surface area contributed by atoms with Crippen molar-refractivity contribution in [2.24, 2.45) is 5.41 Å². The molecule has 2 saturated carbocycles. The summed E-state index contributed by atoms with van der Waals surface area (Å²) in [6.07, 6.45) is -10.6. The van der Waals surface area contributed by atoms with Crippen LogP contribution in [0.2, 0.25) is 0 Å². The molecule has 0 aromatic heterocycles. The van der Waals surface area contributed by atoms with Gasteiger partial charge in [0.15, 0.2) is 0 Å². The van der Waals surface area contributed by atoms with E-state index in [0.717, 1.165) is 0 Å². The zero-order valence-corrected chi connectivity index (χ0v) is 20.6. The fourth-order valence-electron chi connectivity index (χ4n) is 4.72. The highest BCUT2D eigenvalue weighted by Gasteiger charge is 3.15. The molecule has 0 atom stereocenters. The Kier molecular flexibility index (Phi) is 8.07. The van der Waals surface area contributed by atoms with E-state index in [2.05, 4.69) is 0 Å². The minimum absolute atomic E-state index is 9.53. The Hall–Kier alpha value is -2.24. The summed E-state index contributed by atoms with van der Waals surface area (Å²) in [6, 6.07) is 0. The second-order valence-electron chi connectivity index (χ2n) is 9.95. The van der Waals surface area contributed by atoms with Gasteiger partial charge in [-0.3, -0.25) is 0 Å². The molecule has 0 unspecified atom stereocenters. The molecular formula is C17F32. The average Bonchev–Trinajstić information content (AvgIpc) is 2.84. The van der Waals surface area contributed by atoms with Crippen molar-refractivity contribution >= 4 is 0 Å². The van der Waals surface area contributed by atoms with Crippen LogP contribution in [-0.4, -0.2) is 94.8 Å². The normalized spacial score (nSPS) is 34.3. The summed E-state index contributed by atoms with van der Waals surface area (Å²) in [5.41, 5.74) is -23.3. The van der Waals surface area contributed by atoms with Crippen molar-refractivity contribution in [1.29, 1.82) is 0 Å². The van der Waals surface area contributed by atoms with Crippen molar-refractivity contribution < 1.29 is 140 Å². The summed E-state index contributed by atoms with van der Waals surface area (Å²) in [6.45, 7) is 0. The molecule has 0 radical (unpaired) electrons. The topological polar surface area (TPSA) is 0 Å². The van der Waals surface area contributed by atoms with Crippen molar-refractivity contribution in [3.05, 3.63) is 0 Å². The van der Waals surface area contributed by atoms with Crippen molar-refractivity contribution in [1.82, 2.24) is 0 Å². The third kappa shape index (κ3) is 3.43. The van der Waals surface area contributed by atoms with E-state index in [-0.39, 0.29) is 0 Å². The van der Waals surface area contributed by atoms with Gasteiger partial charge in [0.2, 0.25) is 0 Å². The average molecular weight is 812 g/mol. The van der Waals surface area contributed by atoms with Crippen molar-refractivity contribution in [3.63, 3.8) is 0 Å². The summed E-state index contributed by atoms with van der Waals surface area (Å²) >= 11 is 0. The molecule has 0 heterocycles. The maximum absolute atomic E-state index is 15.8. The Bertz CT molecular complexity index is 1250. The van der Waals surface area contributed by atoms with Gasteiger partial charge in [0.25, 0.3) is 11.1 Å². The van der Waals surface area contributed by atoms with E-state index in [1.165, 1.54) is 0 Å². The summed E-state index contributed by atoms with van der Waals surface area (Å²) < 4.78 is 455. The van der Waals surface area contributed by atoms with E-state index >= 15 is 4.39 Å². The van der Waals surface area contributed by atoms with Crippen LogP contribution in [0.3, 0.4) is 0 Å². The lowest BCUT2D eigenvalue weighted by atomic mass is 9.51. The van der Waals surface area contributed by atoms with Gasteiger partial charge in [-0.1, -0.05) is 0 Å². The van der Waals surface area contributed by atoms with Gasteiger partial charge < -0.3 is 0 Å². The van der Waals surface area contributed by atoms with Gasteiger partial charge in [0.05, 0.1) is 0 Å². The molecule has 0 aromatic carbocycles. The Balaban J connectivity index is 3.84. The predicted molar refractivity (Wildman–Crippen MR) is 81.6 cm³/mol. The number of halogens is 32. The molecule has 0 saturated heterocycles. The van der Waals surface area contributed by atoms with Crippen LogP contribution in [0.15, 0.2) is 0 Å². The summed E-state index contributed by atoms with van der Waals surface area (Å²) in [7, 11) is 0. The fourth-order valence-corrected chi connectivity index (χ4v) is 4.72. The maximum atomic E-state index is 15.8. The lowest BCUT2D eigenvalue weighted by Gasteiger charge is -2.62. The standard InChI is InChI=1S/C17F32/c18-2(5(23,24)9(31,32)13(39,40)16(45,46)14(41,42)10(33,34)6(2,25)26)1(17(47,48)49)3(19,20)7(27,28)11(35,36)15(43,44)12(37,38)8(29,30)4(1,21)22. The van der Waals surface area contributed by atoms with Gasteiger partial charge in [-0.15, -0.1) is 0 Å². The highest BCUT2D eigenvalue weighted by Crippen LogP contribution is 2.83. The van der Waals surface area contributed by atoms with Gasteiger partial charge in [0.1, 0.15) is 0 Å². The lowest BCUT2D eigenvalue weighted by molar-refractivity contribution is -0.572. The van der Waals surface area contributed by atoms with Crippen LogP contribution in [0, 0.1) is 5.41 Å². The Morgan fingerprint density at radius 2 is 0.306 bits per heavy atom. The van der Waals surface area contributed by atoms with Crippen LogP contribution < -0.4 is 0 Å². The summed E-state index contributed by atoms with van der Waals surface area (Å²) in [5.74, 6) is -144. The molecule has 0 aliphatic heterocycles. The number of hydrogen-bond donors (Lipinski definition) is 0. The molecule has 292 valence electrons. The summed E-state index contributed by atoms with van der Waals surface area (Å²) in [4.78, 5) is 0. The highest BCUT2D eigenvalue weighted by atomic mass is 19.4. The monoisotopic (exact) mass is 812 g/mol. The molecule has 2 fully saturated rings. The minimum Gasteiger partial charge on any atom is -0.228 e. The zero-order valence-electron chi connectivity index (χ0n) is 20.6. The van der Waals surface area contributed by atoms with Crippen LogP contribution in [0.5, 0.6) is 0 Å². The molecule has 0 amide bonds. The molecule has 49 heavy (non-hydrogen) atoms. The van der Waals surface area contributed by atoms with E-state index in [1.807, 2.05) is 0 Å². The van der Waals surface area contributed by atoms with Crippen molar-refractivity contribution in [3.8, 4) is 0 Å². The Morgan fingerprint density at radius 1 is 0.184 bits per heavy atom. The minimum atomic E-state index is -11.7. The Morgan fingerprint density at radius 3 is 0.449 bits per heavy atom. The van der Waals surface area contributed by atoms with Crippen LogP contribution in [0.4, 0.5) is 140 Å². The maximum Gasteiger partial charge on any atom is 0.410 e. The van der Waals surface area contributed by atoms with Crippen LogP contribution >= 0.6 is 0 Å². The highest BCUT2D eigenvalue weighted by molar-refractivity contribution is 5.39. The second-order valence-corrected chi connectivity index (χ2v) is 9.95. The third-order valence-electron chi connectivity index (χ3n) is 7.48. The van der Waals surface area contributed by atoms with Gasteiger partial charge in [0, 0.05) is 0 Å². The van der Waals surface area contributed by atoms with Gasteiger partial charge in [-0.25, -0.2) is 4.39 Å². The van der Waals surface area contributed by atoms with Crippen molar-refractivity contribution in [2.45, 2.75) is 94.8 Å². The first-order valence-corrected chi connectivity index (χ1v) is 10.5. The number of rotatable bonds is 1. The van der Waals surface area contributed by atoms with Gasteiger partial charge in [-0.05, 0) is 0 Å².